The molecule has 2 heterocycles. The van der Waals surface area contributed by atoms with Crippen molar-refractivity contribution in [1.82, 2.24) is 60.5 Å². The summed E-state index contributed by atoms with van der Waals surface area (Å²) in [6.07, 6.45) is -3.67. The predicted octanol–water partition coefficient (Wildman–Crippen LogP) is 4.59. The lowest BCUT2D eigenvalue weighted by molar-refractivity contribution is -0.160. The van der Waals surface area contributed by atoms with Gasteiger partial charge in [-0.3, -0.25) is 57.5 Å². The molecule has 4 N–H and O–H groups in total. The van der Waals surface area contributed by atoms with Gasteiger partial charge in [0, 0.05) is 69.3 Å². The van der Waals surface area contributed by atoms with Crippen molar-refractivity contribution >= 4 is 82.5 Å². The van der Waals surface area contributed by atoms with E-state index in [1.165, 1.54) is 106 Å². The standard InChI is InChI=1S/C69H102ClF3N12O12/c1-18-41(6)56-65(95)80(13)44(9)61(91)85-33-30-50(85)64(94)82(15)52(36-46-24-22-40(5)23-25-46)63(93)79(12)38-54(86)75-49(29-27-45-26-28-47(48(70)35-45)69(71,72)73)59(89)74-43(8)58(88)77-68(31-20-21-32-68)67(97)84(17)57(42(7)19-2)66(96)83(16)53(62(92)78(10)11)37-55(87)81(14)51(34-39(3)4)60(90)76-56/h22-26,28,35,39,41-44,49-53,56-57H,18-21,27,29-34,36-38H2,1-17H3,(H,74,89)(H,75,86)(H,76,90)(H,77,88)/t41-,42-,43-,44-,49-,50-,51-,52-,53-,56-,57-/m0/s1. The summed E-state index contributed by atoms with van der Waals surface area (Å²) in [5.74, 6) is -9.96. The zero-order valence-electron chi connectivity index (χ0n) is 59.4. The van der Waals surface area contributed by atoms with Gasteiger partial charge in [0.25, 0.3) is 0 Å². The molecule has 1 spiro atoms. The van der Waals surface area contributed by atoms with Crippen LogP contribution in [0.4, 0.5) is 13.2 Å². The number of carbonyl (C=O) groups is 12. The molecule has 24 nitrogen and oxygen atoms in total. The van der Waals surface area contributed by atoms with E-state index >= 15 is 9.59 Å². The Kier molecular flexibility index (Phi) is 28.1. The quantitative estimate of drug-likeness (QED) is 0.227. The van der Waals surface area contributed by atoms with E-state index in [1.807, 2.05) is 39.8 Å². The molecule has 12 amide bonds. The van der Waals surface area contributed by atoms with Crippen LogP contribution in [-0.4, -0.2) is 239 Å². The predicted molar refractivity (Wildman–Crippen MR) is 358 cm³/mol. The molecule has 11 atom stereocenters. The SMILES string of the molecule is CC[C@H](C)[C@@H]1NC(=O)[C@H](CC(C)C)N(C)C(=O)C[C@@H](C(=O)N(C)C)N(C)C(=O)[C@H]([C@@H](C)CC)N(C)C(=O)C2(CCCC2)NC(=O)[C@H](C)NC(=O)[C@H](CCc2ccc(C(F)(F)F)c(Cl)c2)NC(=O)CN(C)C(=O)[C@H](Cc2ccc(C)cc2)N(C)C(=O)[C@@H]2CCN2C(=O)[C@H](C)N(C)C1=O. The minimum atomic E-state index is -4.78. The van der Waals surface area contributed by atoms with Gasteiger partial charge in [-0.1, -0.05) is 115 Å². The monoisotopic (exact) mass is 1380 g/mol. The van der Waals surface area contributed by atoms with E-state index in [4.69, 9.17) is 11.6 Å². The van der Waals surface area contributed by atoms with Crippen LogP contribution in [0.3, 0.4) is 0 Å². The summed E-state index contributed by atoms with van der Waals surface area (Å²) >= 11 is 6.09. The molecule has 28 heteroatoms. The summed E-state index contributed by atoms with van der Waals surface area (Å²) in [4.78, 5) is 186. The smallest absolute Gasteiger partial charge is 0.347 e. The number of nitrogens with one attached hydrogen (secondary N) is 4. The van der Waals surface area contributed by atoms with Crippen molar-refractivity contribution in [3.05, 3.63) is 69.7 Å². The van der Waals surface area contributed by atoms with E-state index in [1.54, 1.807) is 32.9 Å². The zero-order valence-corrected chi connectivity index (χ0v) is 60.1. The van der Waals surface area contributed by atoms with Gasteiger partial charge in [0.05, 0.1) is 23.6 Å². The number of amides is 12. The maximum Gasteiger partial charge on any atom is 0.417 e. The number of carbonyl (C=O) groups excluding carboxylic acids is 12. The highest BCUT2D eigenvalue weighted by Gasteiger charge is 2.50. The van der Waals surface area contributed by atoms with Crippen LogP contribution in [0.1, 0.15) is 142 Å². The molecule has 2 aliphatic heterocycles. The largest absolute Gasteiger partial charge is 0.417 e. The minimum absolute atomic E-state index is 0.0548. The second-order valence-corrected chi connectivity index (χ2v) is 27.9. The Bertz CT molecular complexity index is 3220. The molecule has 0 aromatic heterocycles. The summed E-state index contributed by atoms with van der Waals surface area (Å²) in [6.45, 7) is 14.9. The highest BCUT2D eigenvalue weighted by Crippen LogP contribution is 2.36. The van der Waals surface area contributed by atoms with Crippen molar-refractivity contribution in [3.8, 4) is 0 Å². The van der Waals surface area contributed by atoms with E-state index in [-0.39, 0.29) is 63.0 Å². The molecule has 0 bridgehead atoms. The average molecular weight is 1380 g/mol. The summed E-state index contributed by atoms with van der Waals surface area (Å²) in [7, 11) is 11.2. The number of halogens is 4. The normalized spacial score (nSPS) is 25.7. The number of aryl methyl sites for hydroxylation is 2. The van der Waals surface area contributed by atoms with Crippen LogP contribution >= 0.6 is 11.6 Å². The van der Waals surface area contributed by atoms with Crippen LogP contribution in [0.15, 0.2) is 42.5 Å². The number of likely N-dealkylation sites (N-methyl/N-ethyl adjacent to an activating group) is 7. The molecule has 2 aromatic carbocycles. The number of rotatable bonds is 12. The van der Waals surface area contributed by atoms with E-state index in [2.05, 4.69) is 21.3 Å². The summed E-state index contributed by atoms with van der Waals surface area (Å²) in [6, 6.07) is -1.49. The molecule has 538 valence electrons. The Hall–Kier alpha value is -7.84. The highest BCUT2D eigenvalue weighted by molar-refractivity contribution is 6.31. The first kappa shape index (κ1) is 79.8. The maximum absolute atomic E-state index is 15.2. The third kappa shape index (κ3) is 19.5. The van der Waals surface area contributed by atoms with Crippen LogP contribution in [0, 0.1) is 24.7 Å². The van der Waals surface area contributed by atoms with E-state index < -0.39 is 172 Å². The fourth-order valence-corrected chi connectivity index (χ4v) is 13.0. The molecular formula is C69H102ClF3N12O12. The molecule has 5 rings (SSSR count). The first-order valence-electron chi connectivity index (χ1n) is 33.5. The van der Waals surface area contributed by atoms with Gasteiger partial charge in [0.1, 0.15) is 59.9 Å². The lowest BCUT2D eigenvalue weighted by atomic mass is 9.90. The molecule has 2 saturated heterocycles. The molecule has 0 unspecified atom stereocenters. The first-order valence-corrected chi connectivity index (χ1v) is 33.8. The van der Waals surface area contributed by atoms with E-state index in [9.17, 15) is 61.1 Å². The van der Waals surface area contributed by atoms with Gasteiger partial charge >= 0.3 is 6.18 Å². The van der Waals surface area contributed by atoms with Crippen molar-refractivity contribution in [2.45, 2.75) is 205 Å². The van der Waals surface area contributed by atoms with Crippen molar-refractivity contribution in [2.75, 3.05) is 69.5 Å². The molecule has 0 radical (unpaired) electrons. The van der Waals surface area contributed by atoms with Crippen LogP contribution < -0.4 is 21.3 Å². The van der Waals surface area contributed by atoms with Gasteiger partial charge < -0.3 is 60.5 Å². The number of fused-ring (bicyclic) bond motifs is 1. The lowest BCUT2D eigenvalue weighted by Crippen LogP contribution is -2.65. The summed E-state index contributed by atoms with van der Waals surface area (Å²) in [5, 5.41) is 10.4. The average Bonchev–Trinajstić information content (AvgIpc) is 1.08. The topological polar surface area (TPSA) is 279 Å². The maximum atomic E-state index is 15.2. The number of hydrogen-bond donors (Lipinski definition) is 4. The number of benzene rings is 2. The Morgan fingerprint density at radius 2 is 1.29 bits per heavy atom. The van der Waals surface area contributed by atoms with E-state index in [0.29, 0.717) is 31.2 Å². The fourth-order valence-electron chi connectivity index (χ4n) is 12.7. The molecule has 3 aliphatic rings. The molecule has 97 heavy (non-hydrogen) atoms. The summed E-state index contributed by atoms with van der Waals surface area (Å²) < 4.78 is 41.3. The molecular weight excluding hydrogens is 1280 g/mol. The molecule has 3 fully saturated rings. The van der Waals surface area contributed by atoms with Crippen LogP contribution in [-0.2, 0) is 76.6 Å². The van der Waals surface area contributed by atoms with Crippen LogP contribution in [0.2, 0.25) is 5.02 Å². The second-order valence-electron chi connectivity index (χ2n) is 27.5. The van der Waals surface area contributed by atoms with Crippen molar-refractivity contribution in [3.63, 3.8) is 0 Å². The van der Waals surface area contributed by atoms with Crippen LogP contribution in [0.25, 0.3) is 0 Å². The lowest BCUT2D eigenvalue weighted by Gasteiger charge is -2.45. The Morgan fingerprint density at radius 1 is 0.691 bits per heavy atom. The first-order chi connectivity index (χ1) is 45.2. The molecule has 1 aliphatic carbocycles. The zero-order chi connectivity index (χ0) is 73.0. The Balaban J connectivity index is 1.62. The highest BCUT2D eigenvalue weighted by atomic mass is 35.5. The number of nitrogens with zero attached hydrogens (tertiary/aromatic N) is 8. The van der Waals surface area contributed by atoms with Gasteiger partial charge in [0.15, 0.2) is 0 Å². The number of alkyl halides is 3. The van der Waals surface area contributed by atoms with Crippen LogP contribution in [0.5, 0.6) is 0 Å². The van der Waals surface area contributed by atoms with Crippen molar-refractivity contribution < 1.29 is 70.7 Å². The van der Waals surface area contributed by atoms with Gasteiger partial charge in [-0.05, 0) is 100 Å². The van der Waals surface area contributed by atoms with Gasteiger partial charge in [0.2, 0.25) is 70.9 Å². The molecule has 1 saturated carbocycles. The van der Waals surface area contributed by atoms with Crippen molar-refractivity contribution in [2.24, 2.45) is 17.8 Å². The van der Waals surface area contributed by atoms with Gasteiger partial charge in [-0.15, -0.1) is 0 Å². The Labute approximate surface area is 573 Å². The van der Waals surface area contributed by atoms with Gasteiger partial charge in [-0.25, -0.2) is 0 Å². The minimum Gasteiger partial charge on any atom is -0.347 e. The van der Waals surface area contributed by atoms with Gasteiger partial charge in [-0.2, -0.15) is 13.2 Å². The fraction of sp³-hybridized carbons (Fsp3) is 0.652. The third-order valence-corrected chi connectivity index (χ3v) is 20.0. The van der Waals surface area contributed by atoms with E-state index in [0.717, 1.165) is 27.5 Å². The second kappa shape index (κ2) is 34.1. The van der Waals surface area contributed by atoms with Crippen molar-refractivity contribution in [1.29, 1.82) is 0 Å². The Morgan fingerprint density at radius 3 is 1.82 bits per heavy atom. The summed E-state index contributed by atoms with van der Waals surface area (Å²) in [5.41, 5.74) is -0.921. The third-order valence-electron chi connectivity index (χ3n) is 19.7. The number of hydrogen-bond acceptors (Lipinski definition) is 12. The molecule has 2 aromatic rings.